The number of hydrogen-bond donors (Lipinski definition) is 2. The van der Waals surface area contributed by atoms with E-state index >= 15 is 0 Å². The van der Waals surface area contributed by atoms with Crippen LogP contribution in [0.5, 0.6) is 5.75 Å². The normalized spacial score (nSPS) is 22.8. The van der Waals surface area contributed by atoms with Gasteiger partial charge < -0.3 is 15.8 Å². The first-order chi connectivity index (χ1) is 10.0. The second-order valence-corrected chi connectivity index (χ2v) is 5.81. The highest BCUT2D eigenvalue weighted by Gasteiger charge is 2.26. The van der Waals surface area contributed by atoms with E-state index in [0.29, 0.717) is 35.8 Å². The van der Waals surface area contributed by atoms with Gasteiger partial charge in [0.25, 0.3) is 0 Å². The molecule has 3 N–H and O–H groups in total. The van der Waals surface area contributed by atoms with Gasteiger partial charge in [0, 0.05) is 23.8 Å². The Kier molecular flexibility index (Phi) is 5.07. The molecule has 1 amide bonds. The molecular weight excluding hydrogens is 266 g/mol. The van der Waals surface area contributed by atoms with Crippen molar-refractivity contribution in [3.05, 3.63) is 18.2 Å². The van der Waals surface area contributed by atoms with Crippen LogP contribution in [0.2, 0.25) is 0 Å². The number of nitrogens with one attached hydrogen (secondary N) is 1. The van der Waals surface area contributed by atoms with Gasteiger partial charge in [-0.3, -0.25) is 9.69 Å². The Morgan fingerprint density at radius 2 is 2.05 bits per heavy atom. The fourth-order valence-electron chi connectivity index (χ4n) is 2.95. The highest BCUT2D eigenvalue weighted by atomic mass is 16.5. The van der Waals surface area contributed by atoms with Crippen LogP contribution in [0.4, 0.5) is 11.4 Å². The third-order valence-corrected chi connectivity index (χ3v) is 4.20. The lowest BCUT2D eigenvalue weighted by Crippen LogP contribution is -2.47. The number of piperidine rings is 1. The zero-order valence-corrected chi connectivity index (χ0v) is 13.1. The number of nitrogens with two attached hydrogens (primary N) is 1. The summed E-state index contributed by atoms with van der Waals surface area (Å²) in [4.78, 5) is 14.6. The first-order valence-corrected chi connectivity index (χ1v) is 7.50. The van der Waals surface area contributed by atoms with Gasteiger partial charge in [0.1, 0.15) is 5.75 Å². The number of benzene rings is 1. The van der Waals surface area contributed by atoms with E-state index in [9.17, 15) is 4.79 Å². The highest BCUT2D eigenvalue weighted by Crippen LogP contribution is 2.27. The monoisotopic (exact) mass is 291 g/mol. The molecular formula is C16H25N3O2. The first-order valence-electron chi connectivity index (χ1n) is 7.50. The van der Waals surface area contributed by atoms with Crippen LogP contribution < -0.4 is 15.8 Å². The number of carbonyl (C=O) groups is 1. The minimum Gasteiger partial charge on any atom is -0.494 e. The van der Waals surface area contributed by atoms with Gasteiger partial charge in [0.05, 0.1) is 19.3 Å². The van der Waals surface area contributed by atoms with Crippen LogP contribution in [0.25, 0.3) is 0 Å². The molecule has 0 spiro atoms. The quantitative estimate of drug-likeness (QED) is 0.836. The number of carbonyl (C=O) groups excluding carboxylic acids is 1. The molecule has 1 aliphatic heterocycles. The summed E-state index contributed by atoms with van der Waals surface area (Å²) in [5.41, 5.74) is 6.99. The van der Waals surface area contributed by atoms with E-state index < -0.39 is 0 Å². The van der Waals surface area contributed by atoms with E-state index in [2.05, 4.69) is 24.1 Å². The van der Waals surface area contributed by atoms with E-state index in [-0.39, 0.29) is 5.91 Å². The van der Waals surface area contributed by atoms with Crippen LogP contribution in [-0.2, 0) is 4.79 Å². The number of likely N-dealkylation sites (tertiary alicyclic amines) is 1. The maximum Gasteiger partial charge on any atom is 0.238 e. The average Bonchev–Trinajstić information content (AvgIpc) is 2.45. The molecule has 5 nitrogen and oxygen atoms in total. The summed E-state index contributed by atoms with van der Waals surface area (Å²) in [5, 5.41) is 2.92. The van der Waals surface area contributed by atoms with Crippen LogP contribution in [0.1, 0.15) is 33.1 Å². The number of ether oxygens (including phenoxy) is 1. The van der Waals surface area contributed by atoms with Crippen molar-refractivity contribution in [2.24, 2.45) is 0 Å². The smallest absolute Gasteiger partial charge is 0.238 e. The fourth-order valence-corrected chi connectivity index (χ4v) is 2.95. The molecule has 0 bridgehead atoms. The number of methoxy groups -OCH3 is 1. The summed E-state index contributed by atoms with van der Waals surface area (Å²) >= 11 is 0. The minimum atomic E-state index is -0.0151. The first kappa shape index (κ1) is 15.6. The SMILES string of the molecule is COc1cc(N)ccc1NC(=O)CN1[C@H](C)CCC[C@@H]1C. The number of amides is 1. The third kappa shape index (κ3) is 3.88. The van der Waals surface area contributed by atoms with Gasteiger partial charge >= 0.3 is 0 Å². The van der Waals surface area contributed by atoms with Gasteiger partial charge in [-0.1, -0.05) is 6.42 Å². The number of nitrogens with zero attached hydrogens (tertiary/aromatic N) is 1. The predicted octanol–water partition coefficient (Wildman–Crippen LogP) is 2.48. The van der Waals surface area contributed by atoms with Crippen molar-refractivity contribution >= 4 is 17.3 Å². The van der Waals surface area contributed by atoms with Gasteiger partial charge in [-0.05, 0) is 38.8 Å². The highest BCUT2D eigenvalue weighted by molar-refractivity contribution is 5.94. The summed E-state index contributed by atoms with van der Waals surface area (Å²) in [5.74, 6) is 0.571. The standard InChI is InChI=1S/C16H25N3O2/c1-11-5-4-6-12(2)19(11)10-16(20)18-14-8-7-13(17)9-15(14)21-3/h7-9,11-12H,4-6,10,17H2,1-3H3,(H,18,20)/t11-,12+. The Bertz CT molecular complexity index is 494. The molecule has 0 unspecified atom stereocenters. The Hall–Kier alpha value is -1.75. The fraction of sp³-hybridized carbons (Fsp3) is 0.562. The predicted molar refractivity (Wildman–Crippen MR) is 85.5 cm³/mol. The van der Waals surface area contributed by atoms with Crippen molar-refractivity contribution in [2.75, 3.05) is 24.7 Å². The van der Waals surface area contributed by atoms with Crippen molar-refractivity contribution in [1.29, 1.82) is 0 Å². The third-order valence-electron chi connectivity index (χ3n) is 4.20. The average molecular weight is 291 g/mol. The molecule has 1 heterocycles. The molecule has 2 atom stereocenters. The summed E-state index contributed by atoms with van der Waals surface area (Å²) in [6.07, 6.45) is 3.55. The van der Waals surface area contributed by atoms with Crippen LogP contribution in [0.15, 0.2) is 18.2 Å². The summed E-state index contributed by atoms with van der Waals surface area (Å²) in [6.45, 7) is 4.79. The summed E-state index contributed by atoms with van der Waals surface area (Å²) in [7, 11) is 1.57. The number of hydrogen-bond acceptors (Lipinski definition) is 4. The van der Waals surface area contributed by atoms with Crippen LogP contribution >= 0.6 is 0 Å². The van der Waals surface area contributed by atoms with Crippen molar-refractivity contribution in [1.82, 2.24) is 4.90 Å². The van der Waals surface area contributed by atoms with Gasteiger partial charge in [-0.25, -0.2) is 0 Å². The van der Waals surface area contributed by atoms with E-state index in [1.54, 1.807) is 25.3 Å². The molecule has 0 aromatic heterocycles. The molecule has 5 heteroatoms. The Labute approximate surface area is 126 Å². The molecule has 116 valence electrons. The number of anilines is 2. The largest absolute Gasteiger partial charge is 0.494 e. The molecule has 1 aromatic carbocycles. The van der Waals surface area contributed by atoms with Gasteiger partial charge in [-0.15, -0.1) is 0 Å². The van der Waals surface area contributed by atoms with Crippen molar-refractivity contribution in [2.45, 2.75) is 45.2 Å². The van der Waals surface area contributed by atoms with Crippen molar-refractivity contribution < 1.29 is 9.53 Å². The van der Waals surface area contributed by atoms with Gasteiger partial charge in [0.2, 0.25) is 5.91 Å². The lowest BCUT2D eigenvalue weighted by molar-refractivity contribution is -0.118. The topological polar surface area (TPSA) is 67.6 Å². The lowest BCUT2D eigenvalue weighted by atomic mass is 9.97. The van der Waals surface area contributed by atoms with Crippen molar-refractivity contribution in [3.8, 4) is 5.75 Å². The maximum atomic E-state index is 12.3. The summed E-state index contributed by atoms with van der Waals surface area (Å²) in [6, 6.07) is 6.14. The van der Waals surface area contributed by atoms with Crippen molar-refractivity contribution in [3.63, 3.8) is 0 Å². The molecule has 1 saturated heterocycles. The van der Waals surface area contributed by atoms with Gasteiger partial charge in [0.15, 0.2) is 0 Å². The molecule has 1 aromatic rings. The summed E-state index contributed by atoms with van der Waals surface area (Å²) < 4.78 is 5.25. The van der Waals surface area contributed by atoms with Crippen LogP contribution in [-0.4, -0.2) is 36.5 Å². The number of rotatable bonds is 4. The van der Waals surface area contributed by atoms with E-state index in [0.717, 1.165) is 12.8 Å². The lowest BCUT2D eigenvalue weighted by Gasteiger charge is -2.38. The van der Waals surface area contributed by atoms with E-state index in [1.165, 1.54) is 6.42 Å². The molecule has 1 aliphatic rings. The van der Waals surface area contributed by atoms with Crippen LogP contribution in [0, 0.1) is 0 Å². The Morgan fingerprint density at radius 3 is 2.67 bits per heavy atom. The van der Waals surface area contributed by atoms with E-state index in [1.807, 2.05) is 0 Å². The molecule has 21 heavy (non-hydrogen) atoms. The second-order valence-electron chi connectivity index (χ2n) is 5.81. The molecule has 2 rings (SSSR count). The molecule has 0 saturated carbocycles. The zero-order valence-electron chi connectivity index (χ0n) is 13.1. The number of nitrogen functional groups attached to an aromatic ring is 1. The Balaban J connectivity index is 2.01. The maximum absolute atomic E-state index is 12.3. The zero-order chi connectivity index (χ0) is 15.4. The van der Waals surface area contributed by atoms with Crippen LogP contribution in [0.3, 0.4) is 0 Å². The molecule has 0 radical (unpaired) electrons. The molecule has 0 aliphatic carbocycles. The molecule has 1 fully saturated rings. The van der Waals surface area contributed by atoms with E-state index in [4.69, 9.17) is 10.5 Å². The van der Waals surface area contributed by atoms with Gasteiger partial charge in [-0.2, -0.15) is 0 Å². The second kappa shape index (κ2) is 6.80. The minimum absolute atomic E-state index is 0.0151. The Morgan fingerprint density at radius 1 is 1.38 bits per heavy atom.